The van der Waals surface area contributed by atoms with Gasteiger partial charge in [0, 0.05) is 11.6 Å². The van der Waals surface area contributed by atoms with Crippen LogP contribution in [0, 0.1) is 15.9 Å². The molecule has 0 unspecified atom stereocenters. The number of hydrogen-bond acceptors (Lipinski definition) is 4. The molecule has 2 aromatic rings. The number of nitro benzene ring substituents is 1. The van der Waals surface area contributed by atoms with Gasteiger partial charge in [-0.05, 0) is 12.1 Å². The average Bonchev–Trinajstić information content (AvgIpc) is 2.53. The fourth-order valence-electron chi connectivity index (χ4n) is 1.89. The standard InChI is InChI=1S/C15H12FN3O4/c16-12-7-3-2-6-11(12)15(21)18-17-14(20)9-10-5-1-4-8-13(10)19(22)23/h1-8H,9H2,(H,17,20)(H,18,21). The van der Waals surface area contributed by atoms with Crippen LogP contribution in [0.5, 0.6) is 0 Å². The molecule has 23 heavy (non-hydrogen) atoms. The molecular weight excluding hydrogens is 305 g/mol. The number of hydrogen-bond donors (Lipinski definition) is 2. The van der Waals surface area contributed by atoms with E-state index in [2.05, 4.69) is 10.9 Å². The van der Waals surface area contributed by atoms with Crippen molar-refractivity contribution in [3.05, 3.63) is 75.6 Å². The van der Waals surface area contributed by atoms with E-state index < -0.39 is 22.6 Å². The lowest BCUT2D eigenvalue weighted by Crippen LogP contribution is -2.42. The summed E-state index contributed by atoms with van der Waals surface area (Å²) in [7, 11) is 0. The summed E-state index contributed by atoms with van der Waals surface area (Å²) in [6.07, 6.45) is -0.297. The molecule has 0 bridgehead atoms. The first-order chi connectivity index (χ1) is 11.0. The lowest BCUT2D eigenvalue weighted by molar-refractivity contribution is -0.385. The van der Waals surface area contributed by atoms with E-state index in [0.717, 1.165) is 6.07 Å². The predicted octanol–water partition coefficient (Wildman–Crippen LogP) is 1.74. The van der Waals surface area contributed by atoms with Gasteiger partial charge in [-0.1, -0.05) is 30.3 Å². The largest absolute Gasteiger partial charge is 0.273 e. The molecular formula is C15H12FN3O4. The molecule has 0 saturated carbocycles. The van der Waals surface area contributed by atoms with Crippen molar-refractivity contribution >= 4 is 17.5 Å². The van der Waals surface area contributed by atoms with Crippen LogP contribution >= 0.6 is 0 Å². The van der Waals surface area contributed by atoms with Gasteiger partial charge >= 0.3 is 0 Å². The van der Waals surface area contributed by atoms with Gasteiger partial charge in [0.2, 0.25) is 5.91 Å². The summed E-state index contributed by atoms with van der Waals surface area (Å²) in [6.45, 7) is 0. The van der Waals surface area contributed by atoms with E-state index in [0.29, 0.717) is 0 Å². The molecule has 118 valence electrons. The number of benzene rings is 2. The number of carbonyl (C=O) groups is 2. The van der Waals surface area contributed by atoms with Gasteiger partial charge in [-0.3, -0.25) is 30.6 Å². The Kier molecular flexibility index (Phi) is 4.98. The van der Waals surface area contributed by atoms with Gasteiger partial charge in [0.1, 0.15) is 5.82 Å². The van der Waals surface area contributed by atoms with Gasteiger partial charge in [0.05, 0.1) is 16.9 Å². The highest BCUT2D eigenvalue weighted by Crippen LogP contribution is 2.17. The Bertz CT molecular complexity index is 764. The molecule has 2 rings (SSSR count). The fraction of sp³-hybridized carbons (Fsp3) is 0.0667. The van der Waals surface area contributed by atoms with Crippen molar-refractivity contribution in [3.8, 4) is 0 Å². The molecule has 0 radical (unpaired) electrons. The van der Waals surface area contributed by atoms with E-state index in [1.165, 1.54) is 36.4 Å². The topological polar surface area (TPSA) is 101 Å². The summed E-state index contributed by atoms with van der Waals surface area (Å²) in [5.41, 5.74) is 3.94. The number of amides is 2. The van der Waals surface area contributed by atoms with E-state index in [4.69, 9.17) is 0 Å². The summed E-state index contributed by atoms with van der Waals surface area (Å²) in [5, 5.41) is 10.9. The van der Waals surface area contributed by atoms with Crippen molar-refractivity contribution in [2.45, 2.75) is 6.42 Å². The normalized spacial score (nSPS) is 9.96. The molecule has 0 heterocycles. The smallest absolute Gasteiger partial charge is 0.273 e. The van der Waals surface area contributed by atoms with Crippen LogP contribution in [0.3, 0.4) is 0 Å². The molecule has 8 heteroatoms. The maximum Gasteiger partial charge on any atom is 0.273 e. The SMILES string of the molecule is O=C(Cc1ccccc1[N+](=O)[O-])NNC(=O)c1ccccc1F. The van der Waals surface area contributed by atoms with Crippen LogP contribution in [-0.4, -0.2) is 16.7 Å². The molecule has 0 saturated heterocycles. The number of nitrogens with zero attached hydrogens (tertiary/aromatic N) is 1. The second-order valence-electron chi connectivity index (χ2n) is 4.54. The van der Waals surface area contributed by atoms with Crippen molar-refractivity contribution < 1.29 is 18.9 Å². The Morgan fingerprint density at radius 2 is 1.70 bits per heavy atom. The molecule has 2 amide bonds. The highest BCUT2D eigenvalue weighted by Gasteiger charge is 2.16. The summed E-state index contributed by atoms with van der Waals surface area (Å²) in [5.74, 6) is -2.21. The maximum absolute atomic E-state index is 13.4. The van der Waals surface area contributed by atoms with Crippen molar-refractivity contribution in [2.24, 2.45) is 0 Å². The van der Waals surface area contributed by atoms with Crippen LogP contribution in [-0.2, 0) is 11.2 Å². The minimum atomic E-state index is -0.820. The zero-order valence-electron chi connectivity index (χ0n) is 11.8. The lowest BCUT2D eigenvalue weighted by Gasteiger charge is -2.08. The lowest BCUT2D eigenvalue weighted by atomic mass is 10.1. The monoisotopic (exact) mass is 317 g/mol. The van der Waals surface area contributed by atoms with Crippen LogP contribution in [0.2, 0.25) is 0 Å². The van der Waals surface area contributed by atoms with Crippen LogP contribution < -0.4 is 10.9 Å². The third-order valence-electron chi connectivity index (χ3n) is 2.97. The van der Waals surface area contributed by atoms with Crippen LogP contribution in [0.4, 0.5) is 10.1 Å². The minimum Gasteiger partial charge on any atom is -0.273 e. The van der Waals surface area contributed by atoms with E-state index in [9.17, 15) is 24.1 Å². The Hall–Kier alpha value is -3.29. The number of halogens is 1. The van der Waals surface area contributed by atoms with Crippen LogP contribution in [0.1, 0.15) is 15.9 Å². The second-order valence-corrected chi connectivity index (χ2v) is 4.54. The summed E-state index contributed by atoms with van der Waals surface area (Å²) in [6, 6.07) is 11.1. The van der Waals surface area contributed by atoms with Gasteiger partial charge in [-0.15, -0.1) is 0 Å². The minimum absolute atomic E-state index is 0.192. The van der Waals surface area contributed by atoms with E-state index in [1.807, 2.05) is 0 Å². The van der Waals surface area contributed by atoms with Crippen LogP contribution in [0.15, 0.2) is 48.5 Å². The molecule has 0 spiro atoms. The molecule has 2 aromatic carbocycles. The number of rotatable bonds is 4. The van der Waals surface area contributed by atoms with Gasteiger partial charge in [0.15, 0.2) is 0 Å². The molecule has 0 aliphatic heterocycles. The highest BCUT2D eigenvalue weighted by molar-refractivity contribution is 5.95. The van der Waals surface area contributed by atoms with Crippen molar-refractivity contribution in [1.29, 1.82) is 0 Å². The van der Waals surface area contributed by atoms with Crippen molar-refractivity contribution in [2.75, 3.05) is 0 Å². The highest BCUT2D eigenvalue weighted by atomic mass is 19.1. The van der Waals surface area contributed by atoms with E-state index >= 15 is 0 Å². The number of para-hydroxylation sites is 1. The molecule has 0 aromatic heterocycles. The second kappa shape index (κ2) is 7.12. The third kappa shape index (κ3) is 4.10. The van der Waals surface area contributed by atoms with Gasteiger partial charge in [-0.2, -0.15) is 0 Å². The summed E-state index contributed by atoms with van der Waals surface area (Å²) < 4.78 is 13.4. The Balaban J connectivity index is 1.97. The zero-order chi connectivity index (χ0) is 16.8. The van der Waals surface area contributed by atoms with E-state index in [-0.39, 0.29) is 23.2 Å². The molecule has 0 aliphatic carbocycles. The molecule has 0 fully saturated rings. The first-order valence-corrected chi connectivity index (χ1v) is 6.55. The predicted molar refractivity (Wildman–Crippen MR) is 78.8 cm³/mol. The Morgan fingerprint density at radius 3 is 2.39 bits per heavy atom. The number of nitrogens with one attached hydrogen (secondary N) is 2. The van der Waals surface area contributed by atoms with E-state index in [1.54, 1.807) is 6.07 Å². The van der Waals surface area contributed by atoms with Gasteiger partial charge in [-0.25, -0.2) is 4.39 Å². The number of hydrazine groups is 1. The quantitative estimate of drug-likeness (QED) is 0.662. The summed E-state index contributed by atoms with van der Waals surface area (Å²) in [4.78, 5) is 33.7. The first kappa shape index (κ1) is 16.1. The van der Waals surface area contributed by atoms with Gasteiger partial charge < -0.3 is 0 Å². The van der Waals surface area contributed by atoms with Crippen LogP contribution in [0.25, 0.3) is 0 Å². The third-order valence-corrected chi connectivity index (χ3v) is 2.97. The summed E-state index contributed by atoms with van der Waals surface area (Å²) >= 11 is 0. The molecule has 0 atom stereocenters. The Labute approximate surface area is 130 Å². The van der Waals surface area contributed by atoms with Crippen molar-refractivity contribution in [3.63, 3.8) is 0 Å². The first-order valence-electron chi connectivity index (χ1n) is 6.55. The van der Waals surface area contributed by atoms with Gasteiger partial charge in [0.25, 0.3) is 11.6 Å². The zero-order valence-corrected chi connectivity index (χ0v) is 11.8. The van der Waals surface area contributed by atoms with Crippen molar-refractivity contribution in [1.82, 2.24) is 10.9 Å². The fourth-order valence-corrected chi connectivity index (χ4v) is 1.89. The molecule has 7 nitrogen and oxygen atoms in total. The number of carbonyl (C=O) groups excluding carboxylic acids is 2. The molecule has 2 N–H and O–H groups in total. The molecule has 0 aliphatic rings. The average molecular weight is 317 g/mol. The Morgan fingerprint density at radius 1 is 1.04 bits per heavy atom. The maximum atomic E-state index is 13.4. The number of nitro groups is 1.